The maximum Gasteiger partial charge on any atom is 0.298 e. The van der Waals surface area contributed by atoms with E-state index in [1.165, 1.54) is 17.8 Å². The number of benzene rings is 2. The largest absolute Gasteiger partial charge is 0.493 e. The van der Waals surface area contributed by atoms with Crippen molar-refractivity contribution in [1.29, 1.82) is 0 Å². The van der Waals surface area contributed by atoms with Gasteiger partial charge < -0.3 is 9.47 Å². The molecule has 0 amide bonds. The van der Waals surface area contributed by atoms with Crippen molar-refractivity contribution >= 4 is 21.9 Å². The smallest absolute Gasteiger partial charge is 0.298 e. The van der Waals surface area contributed by atoms with Crippen LogP contribution in [-0.2, 0) is 10.1 Å². The predicted octanol–water partition coefficient (Wildman–Crippen LogP) is 4.19. The molecule has 5 nitrogen and oxygen atoms in total. The molecule has 0 unspecified atom stereocenters. The van der Waals surface area contributed by atoms with Crippen molar-refractivity contribution in [3.05, 3.63) is 42.0 Å². The Hall–Kier alpha value is -1.70. The molecule has 0 bridgehead atoms. The number of ether oxygens (including phenoxy) is 2. The SMILES string of the molecule is CCOc1cc(S(=O)(=O)O)c(OCC)cc1Sc1ccc(C)cc1. The van der Waals surface area contributed by atoms with E-state index in [2.05, 4.69) is 0 Å². The van der Waals surface area contributed by atoms with Gasteiger partial charge in [0.1, 0.15) is 16.4 Å². The summed E-state index contributed by atoms with van der Waals surface area (Å²) >= 11 is 1.44. The molecule has 2 aromatic carbocycles. The minimum Gasteiger partial charge on any atom is -0.493 e. The minimum absolute atomic E-state index is 0.109. The maximum atomic E-state index is 11.6. The summed E-state index contributed by atoms with van der Waals surface area (Å²) < 4.78 is 43.6. The molecule has 130 valence electrons. The normalized spacial score (nSPS) is 11.3. The van der Waals surface area contributed by atoms with Gasteiger partial charge in [-0.3, -0.25) is 4.55 Å². The van der Waals surface area contributed by atoms with Gasteiger partial charge in [0.15, 0.2) is 0 Å². The van der Waals surface area contributed by atoms with Crippen LogP contribution in [0.5, 0.6) is 11.5 Å². The lowest BCUT2D eigenvalue weighted by Crippen LogP contribution is -2.05. The number of hydrogen-bond donors (Lipinski definition) is 1. The standard InChI is InChI=1S/C17H20O5S2/c1-4-21-14-11-17(24(18,19)20)15(22-5-2)10-16(14)23-13-8-6-12(3)7-9-13/h6-11H,4-5H2,1-3H3,(H,18,19,20). The first kappa shape index (κ1) is 18.6. The van der Waals surface area contributed by atoms with Crippen LogP contribution < -0.4 is 9.47 Å². The molecule has 0 radical (unpaired) electrons. The molecule has 1 N–H and O–H groups in total. The summed E-state index contributed by atoms with van der Waals surface area (Å²) in [5.74, 6) is 0.497. The molecule has 2 aromatic rings. The molecule has 0 fully saturated rings. The Bertz CT molecular complexity index is 798. The Morgan fingerprint density at radius 3 is 2.12 bits per heavy atom. The van der Waals surface area contributed by atoms with Crippen LogP contribution in [0, 0.1) is 6.92 Å². The third-order valence-corrected chi connectivity index (χ3v) is 5.06. The van der Waals surface area contributed by atoms with Crippen LogP contribution >= 0.6 is 11.8 Å². The predicted molar refractivity (Wildman–Crippen MR) is 93.9 cm³/mol. The first-order valence-electron chi connectivity index (χ1n) is 7.50. The lowest BCUT2D eigenvalue weighted by atomic mass is 10.2. The highest BCUT2D eigenvalue weighted by atomic mass is 32.2. The van der Waals surface area contributed by atoms with Gasteiger partial charge in [0.25, 0.3) is 10.1 Å². The third kappa shape index (κ3) is 4.66. The summed E-state index contributed by atoms with van der Waals surface area (Å²) in [6, 6.07) is 10.8. The second kappa shape index (κ2) is 7.92. The van der Waals surface area contributed by atoms with Gasteiger partial charge in [0.2, 0.25) is 0 Å². The van der Waals surface area contributed by atoms with Gasteiger partial charge in [0, 0.05) is 11.0 Å². The minimum atomic E-state index is -4.41. The molecule has 7 heteroatoms. The molecule has 0 aromatic heterocycles. The van der Waals surface area contributed by atoms with Gasteiger partial charge in [-0.15, -0.1) is 0 Å². The lowest BCUT2D eigenvalue weighted by molar-refractivity contribution is 0.315. The van der Waals surface area contributed by atoms with Crippen molar-refractivity contribution in [3.8, 4) is 11.5 Å². The lowest BCUT2D eigenvalue weighted by Gasteiger charge is -2.15. The zero-order valence-corrected chi connectivity index (χ0v) is 15.4. The van der Waals surface area contributed by atoms with Gasteiger partial charge >= 0.3 is 0 Å². The van der Waals surface area contributed by atoms with E-state index in [0.717, 1.165) is 15.4 Å². The molecule has 0 aliphatic rings. The van der Waals surface area contributed by atoms with Gasteiger partial charge in [-0.1, -0.05) is 29.5 Å². The van der Waals surface area contributed by atoms with E-state index in [4.69, 9.17) is 9.47 Å². The first-order chi connectivity index (χ1) is 11.3. The Morgan fingerprint density at radius 1 is 1.00 bits per heavy atom. The third-order valence-electron chi connectivity index (χ3n) is 3.14. The van der Waals surface area contributed by atoms with E-state index in [1.807, 2.05) is 38.1 Å². The average molecular weight is 368 g/mol. The van der Waals surface area contributed by atoms with E-state index in [-0.39, 0.29) is 17.3 Å². The molecule has 24 heavy (non-hydrogen) atoms. The number of hydrogen-bond acceptors (Lipinski definition) is 5. The van der Waals surface area contributed by atoms with Gasteiger partial charge in [-0.05, 0) is 39.0 Å². The Labute approximate surface area is 146 Å². The molecule has 0 spiro atoms. The fourth-order valence-electron chi connectivity index (χ4n) is 2.07. The highest BCUT2D eigenvalue weighted by Gasteiger charge is 2.21. The first-order valence-corrected chi connectivity index (χ1v) is 9.76. The maximum absolute atomic E-state index is 11.6. The fraction of sp³-hybridized carbons (Fsp3) is 0.294. The van der Waals surface area contributed by atoms with Crippen LogP contribution in [-0.4, -0.2) is 26.2 Å². The van der Waals surface area contributed by atoms with Crippen molar-refractivity contribution in [1.82, 2.24) is 0 Å². The summed E-state index contributed by atoms with van der Waals surface area (Å²) in [6.07, 6.45) is 0. The summed E-state index contributed by atoms with van der Waals surface area (Å²) in [7, 11) is -4.41. The van der Waals surface area contributed by atoms with Gasteiger partial charge in [0.05, 0.1) is 18.1 Å². The second-order valence-corrected chi connectivity index (χ2v) is 7.51. The Morgan fingerprint density at radius 2 is 1.58 bits per heavy atom. The molecular formula is C17H20O5S2. The summed E-state index contributed by atoms with van der Waals surface area (Å²) in [5.41, 5.74) is 1.15. The van der Waals surface area contributed by atoms with Crippen LogP contribution in [0.4, 0.5) is 0 Å². The Balaban J connectivity index is 2.51. The summed E-state index contributed by atoms with van der Waals surface area (Å²) in [6.45, 7) is 6.22. The molecule has 0 saturated carbocycles. The van der Waals surface area contributed by atoms with E-state index in [1.54, 1.807) is 13.0 Å². The van der Waals surface area contributed by atoms with Crippen LogP contribution in [0.1, 0.15) is 19.4 Å². The van der Waals surface area contributed by atoms with Crippen molar-refractivity contribution in [2.75, 3.05) is 13.2 Å². The average Bonchev–Trinajstić information content (AvgIpc) is 2.51. The number of rotatable bonds is 7. The molecule has 0 heterocycles. The molecular weight excluding hydrogens is 348 g/mol. The molecule has 0 aliphatic heterocycles. The number of aryl methyl sites for hydroxylation is 1. The van der Waals surface area contributed by atoms with E-state index in [0.29, 0.717) is 12.4 Å². The van der Waals surface area contributed by atoms with Gasteiger partial charge in [-0.2, -0.15) is 8.42 Å². The summed E-state index contributed by atoms with van der Waals surface area (Å²) in [5, 5.41) is 0. The summed E-state index contributed by atoms with van der Waals surface area (Å²) in [4.78, 5) is 1.42. The molecule has 0 atom stereocenters. The quantitative estimate of drug-likeness (QED) is 0.739. The molecule has 0 saturated heterocycles. The van der Waals surface area contributed by atoms with Crippen molar-refractivity contribution in [3.63, 3.8) is 0 Å². The molecule has 0 aliphatic carbocycles. The molecule has 2 rings (SSSR count). The zero-order chi connectivity index (χ0) is 17.7. The van der Waals surface area contributed by atoms with Crippen LogP contribution in [0.25, 0.3) is 0 Å². The van der Waals surface area contributed by atoms with Crippen LogP contribution in [0.2, 0.25) is 0 Å². The topological polar surface area (TPSA) is 72.8 Å². The van der Waals surface area contributed by atoms with Crippen molar-refractivity contribution in [2.45, 2.75) is 35.5 Å². The zero-order valence-electron chi connectivity index (χ0n) is 13.8. The monoisotopic (exact) mass is 368 g/mol. The second-order valence-electron chi connectivity index (χ2n) is 5.00. The highest BCUT2D eigenvalue weighted by molar-refractivity contribution is 7.99. The van der Waals surface area contributed by atoms with E-state index < -0.39 is 10.1 Å². The Kier molecular flexibility index (Phi) is 6.15. The fourth-order valence-corrected chi connectivity index (χ4v) is 3.61. The van der Waals surface area contributed by atoms with E-state index in [9.17, 15) is 13.0 Å². The van der Waals surface area contributed by atoms with Crippen LogP contribution in [0.3, 0.4) is 0 Å². The van der Waals surface area contributed by atoms with E-state index >= 15 is 0 Å². The van der Waals surface area contributed by atoms with Crippen molar-refractivity contribution < 1.29 is 22.4 Å². The van der Waals surface area contributed by atoms with Gasteiger partial charge in [-0.25, -0.2) is 0 Å². The van der Waals surface area contributed by atoms with Crippen molar-refractivity contribution in [2.24, 2.45) is 0 Å². The highest BCUT2D eigenvalue weighted by Crippen LogP contribution is 2.41. The van der Waals surface area contributed by atoms with Crippen LogP contribution in [0.15, 0.2) is 51.1 Å².